The summed E-state index contributed by atoms with van der Waals surface area (Å²) in [7, 11) is 0. The zero-order chi connectivity index (χ0) is 13.0. The summed E-state index contributed by atoms with van der Waals surface area (Å²) in [6.07, 6.45) is 3.09. The summed E-state index contributed by atoms with van der Waals surface area (Å²) in [5.41, 5.74) is 1.54. The molecule has 1 heterocycles. The molecule has 18 heavy (non-hydrogen) atoms. The minimum absolute atomic E-state index is 0.211. The Morgan fingerprint density at radius 3 is 2.78 bits per heavy atom. The molecule has 1 aromatic heterocycles. The highest BCUT2D eigenvalue weighted by molar-refractivity contribution is 7.14. The Morgan fingerprint density at radius 2 is 2.11 bits per heavy atom. The van der Waals surface area contributed by atoms with Crippen molar-refractivity contribution in [3.8, 4) is 11.3 Å². The van der Waals surface area contributed by atoms with Gasteiger partial charge >= 0.3 is 0 Å². The van der Waals surface area contributed by atoms with Gasteiger partial charge in [0.25, 0.3) is 0 Å². The highest BCUT2D eigenvalue weighted by Gasteiger charge is 2.06. The van der Waals surface area contributed by atoms with Crippen molar-refractivity contribution in [1.29, 1.82) is 0 Å². The molecule has 1 amide bonds. The zero-order valence-electron chi connectivity index (χ0n) is 9.68. The van der Waals surface area contributed by atoms with Gasteiger partial charge in [0.1, 0.15) is 5.82 Å². The topological polar surface area (TPSA) is 42.0 Å². The SMILES string of the molecule is C/C=C\C(=O)Nc1nc(-c2ccc(F)cc2)cs1. The van der Waals surface area contributed by atoms with E-state index in [1.165, 1.54) is 29.5 Å². The molecule has 5 heteroatoms. The second-order valence-corrected chi connectivity index (χ2v) is 4.39. The van der Waals surface area contributed by atoms with Crippen molar-refractivity contribution >= 4 is 22.4 Å². The molecule has 0 saturated heterocycles. The number of rotatable bonds is 3. The molecule has 0 fully saturated rings. The van der Waals surface area contributed by atoms with Crippen LogP contribution in [0.5, 0.6) is 0 Å². The molecule has 0 saturated carbocycles. The van der Waals surface area contributed by atoms with E-state index < -0.39 is 0 Å². The van der Waals surface area contributed by atoms with Crippen molar-refractivity contribution in [2.45, 2.75) is 6.92 Å². The van der Waals surface area contributed by atoms with Gasteiger partial charge in [-0.3, -0.25) is 10.1 Å². The van der Waals surface area contributed by atoms with Crippen molar-refractivity contribution in [1.82, 2.24) is 4.98 Å². The molecule has 0 spiro atoms. The molecule has 92 valence electrons. The predicted octanol–water partition coefficient (Wildman–Crippen LogP) is 3.46. The lowest BCUT2D eigenvalue weighted by atomic mass is 10.2. The van der Waals surface area contributed by atoms with Crippen LogP contribution < -0.4 is 5.32 Å². The molecule has 0 atom stereocenters. The number of anilines is 1. The molecule has 0 bridgehead atoms. The van der Waals surface area contributed by atoms with Gasteiger partial charge < -0.3 is 0 Å². The van der Waals surface area contributed by atoms with E-state index in [4.69, 9.17) is 0 Å². The fourth-order valence-electron chi connectivity index (χ4n) is 1.38. The minimum Gasteiger partial charge on any atom is -0.298 e. The number of halogens is 1. The van der Waals surface area contributed by atoms with Gasteiger partial charge in [-0.15, -0.1) is 11.3 Å². The molecule has 0 aliphatic heterocycles. The predicted molar refractivity (Wildman–Crippen MR) is 71.0 cm³/mol. The maximum absolute atomic E-state index is 12.8. The Kier molecular flexibility index (Phi) is 3.84. The van der Waals surface area contributed by atoms with Gasteiger partial charge in [-0.1, -0.05) is 6.08 Å². The molecule has 0 aliphatic carbocycles. The van der Waals surface area contributed by atoms with Gasteiger partial charge in [-0.2, -0.15) is 0 Å². The van der Waals surface area contributed by atoms with Gasteiger partial charge in [0, 0.05) is 10.9 Å². The summed E-state index contributed by atoms with van der Waals surface area (Å²) in [6.45, 7) is 1.77. The number of benzene rings is 1. The van der Waals surface area contributed by atoms with Crippen LogP contribution in [0.25, 0.3) is 11.3 Å². The minimum atomic E-state index is -0.282. The average Bonchev–Trinajstić information content (AvgIpc) is 2.78. The lowest BCUT2D eigenvalue weighted by Gasteiger charge is -1.96. The number of carbonyl (C=O) groups excluding carboxylic acids is 1. The molecule has 2 aromatic rings. The first kappa shape index (κ1) is 12.4. The maximum atomic E-state index is 12.8. The second kappa shape index (κ2) is 5.55. The van der Waals surface area contributed by atoms with Crippen molar-refractivity contribution < 1.29 is 9.18 Å². The lowest BCUT2D eigenvalue weighted by Crippen LogP contribution is -2.07. The van der Waals surface area contributed by atoms with Crippen LogP contribution in [-0.4, -0.2) is 10.9 Å². The molecule has 0 unspecified atom stereocenters. The molecule has 1 aromatic carbocycles. The van der Waals surface area contributed by atoms with E-state index in [-0.39, 0.29) is 11.7 Å². The van der Waals surface area contributed by atoms with Crippen LogP contribution in [0, 0.1) is 5.82 Å². The van der Waals surface area contributed by atoms with E-state index in [9.17, 15) is 9.18 Å². The summed E-state index contributed by atoms with van der Waals surface area (Å²) < 4.78 is 12.8. The number of thiazole rings is 1. The van der Waals surface area contributed by atoms with Crippen LogP contribution in [0.2, 0.25) is 0 Å². The van der Waals surface area contributed by atoms with Crippen LogP contribution in [0.15, 0.2) is 41.8 Å². The smallest absolute Gasteiger partial charge is 0.249 e. The normalized spacial score (nSPS) is 10.8. The Labute approximate surface area is 108 Å². The standard InChI is InChI=1S/C13H11FN2OS/c1-2-3-12(17)16-13-15-11(8-18-13)9-4-6-10(14)7-5-9/h2-8H,1H3,(H,15,16,17)/b3-2-. The highest BCUT2D eigenvalue weighted by Crippen LogP contribution is 2.24. The van der Waals surface area contributed by atoms with Crippen molar-refractivity contribution in [3.63, 3.8) is 0 Å². The maximum Gasteiger partial charge on any atom is 0.249 e. The van der Waals surface area contributed by atoms with Crippen molar-refractivity contribution in [2.75, 3.05) is 5.32 Å². The van der Waals surface area contributed by atoms with Gasteiger partial charge in [-0.05, 0) is 37.3 Å². The molecule has 0 radical (unpaired) electrons. The monoisotopic (exact) mass is 262 g/mol. The fourth-order valence-corrected chi connectivity index (χ4v) is 2.11. The summed E-state index contributed by atoms with van der Waals surface area (Å²) in [5.74, 6) is -0.493. The van der Waals surface area contributed by atoms with E-state index in [0.29, 0.717) is 5.13 Å². The first-order valence-electron chi connectivity index (χ1n) is 5.34. The molecule has 0 aliphatic rings. The summed E-state index contributed by atoms with van der Waals surface area (Å²) in [6, 6.07) is 6.07. The van der Waals surface area contributed by atoms with Gasteiger partial charge in [-0.25, -0.2) is 9.37 Å². The Balaban J connectivity index is 2.15. The van der Waals surface area contributed by atoms with Crippen molar-refractivity contribution in [3.05, 3.63) is 47.6 Å². The number of aromatic nitrogens is 1. The largest absolute Gasteiger partial charge is 0.298 e. The third-order valence-electron chi connectivity index (χ3n) is 2.19. The van der Waals surface area contributed by atoms with E-state index in [1.54, 1.807) is 25.1 Å². The number of hydrogen-bond donors (Lipinski definition) is 1. The van der Waals surface area contributed by atoms with Crippen LogP contribution in [0.4, 0.5) is 9.52 Å². The average molecular weight is 262 g/mol. The highest BCUT2D eigenvalue weighted by atomic mass is 32.1. The fraction of sp³-hybridized carbons (Fsp3) is 0.0769. The van der Waals surface area contributed by atoms with Gasteiger partial charge in [0.15, 0.2) is 5.13 Å². The van der Waals surface area contributed by atoms with E-state index in [2.05, 4.69) is 10.3 Å². The third-order valence-corrected chi connectivity index (χ3v) is 2.95. The molecular weight excluding hydrogens is 251 g/mol. The van der Waals surface area contributed by atoms with Crippen LogP contribution >= 0.6 is 11.3 Å². The Morgan fingerprint density at radius 1 is 1.39 bits per heavy atom. The number of amides is 1. The first-order chi connectivity index (χ1) is 8.69. The van der Waals surface area contributed by atoms with Crippen LogP contribution in [-0.2, 0) is 4.79 Å². The van der Waals surface area contributed by atoms with Crippen molar-refractivity contribution in [2.24, 2.45) is 0 Å². The molecular formula is C13H11FN2OS. The molecule has 2 rings (SSSR count). The van der Waals surface area contributed by atoms with E-state index in [0.717, 1.165) is 11.3 Å². The summed E-state index contributed by atoms with van der Waals surface area (Å²) >= 11 is 1.33. The van der Waals surface area contributed by atoms with Crippen LogP contribution in [0.3, 0.4) is 0 Å². The Hall–Kier alpha value is -2.01. The number of nitrogens with one attached hydrogen (secondary N) is 1. The third kappa shape index (κ3) is 3.01. The second-order valence-electron chi connectivity index (χ2n) is 3.53. The summed E-state index contributed by atoms with van der Waals surface area (Å²) in [4.78, 5) is 15.6. The molecule has 3 nitrogen and oxygen atoms in total. The lowest BCUT2D eigenvalue weighted by molar-refractivity contribution is -0.111. The zero-order valence-corrected chi connectivity index (χ0v) is 10.5. The van der Waals surface area contributed by atoms with E-state index in [1.807, 2.05) is 5.38 Å². The van der Waals surface area contributed by atoms with Gasteiger partial charge in [0.05, 0.1) is 5.69 Å². The summed E-state index contributed by atoms with van der Waals surface area (Å²) in [5, 5.41) is 5.00. The number of allylic oxidation sites excluding steroid dienone is 1. The van der Waals surface area contributed by atoms with E-state index >= 15 is 0 Å². The number of nitrogens with zero attached hydrogens (tertiary/aromatic N) is 1. The Bertz CT molecular complexity index is 575. The first-order valence-corrected chi connectivity index (χ1v) is 6.22. The van der Waals surface area contributed by atoms with Gasteiger partial charge in [0.2, 0.25) is 5.91 Å². The number of carbonyl (C=O) groups is 1. The molecule has 1 N–H and O–H groups in total. The number of hydrogen-bond acceptors (Lipinski definition) is 3. The quantitative estimate of drug-likeness (QED) is 0.861. The van der Waals surface area contributed by atoms with Crippen LogP contribution in [0.1, 0.15) is 6.92 Å².